The third-order valence-electron chi connectivity index (χ3n) is 3.12. The van der Waals surface area contributed by atoms with Crippen molar-refractivity contribution in [3.05, 3.63) is 40.5 Å². The van der Waals surface area contributed by atoms with E-state index in [1.807, 2.05) is 11.6 Å². The Morgan fingerprint density at radius 1 is 1.48 bits per heavy atom. The van der Waals surface area contributed by atoms with E-state index in [0.717, 1.165) is 5.82 Å². The van der Waals surface area contributed by atoms with Crippen LogP contribution in [0.15, 0.2) is 24.5 Å². The van der Waals surface area contributed by atoms with Crippen molar-refractivity contribution in [1.82, 2.24) is 24.7 Å². The Labute approximate surface area is 119 Å². The number of benzene rings is 1. The van der Waals surface area contributed by atoms with E-state index < -0.39 is 4.92 Å². The molecule has 0 aliphatic heterocycles. The molecule has 0 aliphatic carbocycles. The number of nitro groups is 1. The molecule has 2 heterocycles. The summed E-state index contributed by atoms with van der Waals surface area (Å²) in [4.78, 5) is 17.6. The number of non-ortho nitro benzene ring substituents is 1. The summed E-state index contributed by atoms with van der Waals surface area (Å²) in [7, 11) is 1.88. The number of H-pyrrole nitrogens is 1. The van der Waals surface area contributed by atoms with Crippen LogP contribution in [0.1, 0.15) is 5.82 Å². The maximum atomic E-state index is 10.7. The highest BCUT2D eigenvalue weighted by Crippen LogP contribution is 2.20. The Balaban J connectivity index is 1.70. The number of nitro benzene ring substituents is 1. The monoisotopic (exact) mass is 287 g/mol. The Morgan fingerprint density at radius 3 is 3.05 bits per heavy atom. The molecular formula is C12H13N7O2. The van der Waals surface area contributed by atoms with Crippen molar-refractivity contribution in [2.45, 2.75) is 6.42 Å². The number of aromatic amines is 1. The van der Waals surface area contributed by atoms with Crippen molar-refractivity contribution in [1.29, 1.82) is 0 Å². The van der Waals surface area contributed by atoms with Gasteiger partial charge < -0.3 is 14.9 Å². The van der Waals surface area contributed by atoms with Crippen LogP contribution in [0.2, 0.25) is 0 Å². The highest BCUT2D eigenvalue weighted by molar-refractivity contribution is 5.79. The molecule has 3 aromatic rings. The Bertz CT molecular complexity index is 792. The first-order chi connectivity index (χ1) is 10.1. The Kier molecular flexibility index (Phi) is 3.22. The normalized spacial score (nSPS) is 10.9. The van der Waals surface area contributed by atoms with Crippen molar-refractivity contribution >= 4 is 22.7 Å². The zero-order valence-electron chi connectivity index (χ0n) is 11.3. The van der Waals surface area contributed by atoms with Gasteiger partial charge in [-0.3, -0.25) is 10.1 Å². The molecule has 0 unspecified atom stereocenters. The van der Waals surface area contributed by atoms with Crippen molar-refractivity contribution in [2.75, 3.05) is 11.9 Å². The highest BCUT2D eigenvalue weighted by Gasteiger charge is 2.09. The fourth-order valence-electron chi connectivity index (χ4n) is 2.02. The van der Waals surface area contributed by atoms with Crippen LogP contribution in [-0.4, -0.2) is 36.2 Å². The molecule has 0 aliphatic rings. The van der Waals surface area contributed by atoms with Crippen LogP contribution in [0.3, 0.4) is 0 Å². The van der Waals surface area contributed by atoms with Crippen molar-refractivity contribution < 1.29 is 4.92 Å². The summed E-state index contributed by atoms with van der Waals surface area (Å²) in [6.45, 7) is 0.633. The average Bonchev–Trinajstić information content (AvgIpc) is 3.04. The summed E-state index contributed by atoms with van der Waals surface area (Å²) < 4.78 is 1.85. The SMILES string of the molecule is Cn1cnnc1CCNc1nc2ccc([N+](=O)[O-])cc2[nH]1. The minimum absolute atomic E-state index is 0.0387. The maximum Gasteiger partial charge on any atom is 0.271 e. The molecule has 0 fully saturated rings. The van der Waals surface area contributed by atoms with E-state index in [0.29, 0.717) is 29.9 Å². The van der Waals surface area contributed by atoms with Crippen LogP contribution in [0, 0.1) is 10.1 Å². The Hall–Kier alpha value is -2.97. The summed E-state index contributed by atoms with van der Waals surface area (Å²) in [5.41, 5.74) is 1.35. The summed E-state index contributed by atoms with van der Waals surface area (Å²) in [6, 6.07) is 4.53. The molecule has 3 rings (SSSR count). The van der Waals surface area contributed by atoms with Crippen molar-refractivity contribution in [2.24, 2.45) is 7.05 Å². The van der Waals surface area contributed by atoms with E-state index in [2.05, 4.69) is 25.5 Å². The summed E-state index contributed by atoms with van der Waals surface area (Å²) >= 11 is 0. The molecule has 0 bridgehead atoms. The number of imidazole rings is 1. The minimum atomic E-state index is -0.429. The smallest absolute Gasteiger partial charge is 0.271 e. The topological polar surface area (TPSA) is 115 Å². The molecule has 9 nitrogen and oxygen atoms in total. The van der Waals surface area contributed by atoms with Gasteiger partial charge in [0.25, 0.3) is 5.69 Å². The van der Waals surface area contributed by atoms with Gasteiger partial charge in [-0.25, -0.2) is 4.98 Å². The van der Waals surface area contributed by atoms with Crippen LogP contribution >= 0.6 is 0 Å². The van der Waals surface area contributed by atoms with E-state index in [4.69, 9.17) is 0 Å². The van der Waals surface area contributed by atoms with E-state index in [1.54, 1.807) is 12.4 Å². The largest absolute Gasteiger partial charge is 0.355 e. The molecule has 1 aromatic carbocycles. The molecule has 0 amide bonds. The molecule has 0 spiro atoms. The number of hydrogen-bond acceptors (Lipinski definition) is 6. The molecule has 21 heavy (non-hydrogen) atoms. The third-order valence-corrected chi connectivity index (χ3v) is 3.12. The summed E-state index contributed by atoms with van der Waals surface area (Å²) in [5.74, 6) is 1.45. The second-order valence-corrected chi connectivity index (χ2v) is 4.58. The molecule has 0 radical (unpaired) electrons. The molecule has 0 atom stereocenters. The number of aromatic nitrogens is 5. The lowest BCUT2D eigenvalue weighted by molar-refractivity contribution is -0.384. The van der Waals surface area contributed by atoms with Gasteiger partial charge in [0.05, 0.1) is 16.0 Å². The first kappa shape index (κ1) is 13.0. The Morgan fingerprint density at radius 2 is 2.33 bits per heavy atom. The van der Waals surface area contributed by atoms with Crippen molar-refractivity contribution in [3.8, 4) is 0 Å². The van der Waals surface area contributed by atoms with Gasteiger partial charge in [0, 0.05) is 32.1 Å². The third kappa shape index (κ3) is 2.66. The first-order valence-corrected chi connectivity index (χ1v) is 6.34. The predicted octanol–water partition coefficient (Wildman–Crippen LogP) is 1.25. The molecule has 2 N–H and O–H groups in total. The van der Waals surface area contributed by atoms with Crippen LogP contribution < -0.4 is 5.32 Å². The summed E-state index contributed by atoms with van der Waals surface area (Å²) in [6.07, 6.45) is 2.35. The van der Waals surface area contributed by atoms with Crippen LogP contribution in [-0.2, 0) is 13.5 Å². The van der Waals surface area contributed by atoms with Gasteiger partial charge >= 0.3 is 0 Å². The van der Waals surface area contributed by atoms with E-state index >= 15 is 0 Å². The number of anilines is 1. The highest BCUT2D eigenvalue weighted by atomic mass is 16.6. The maximum absolute atomic E-state index is 10.7. The van der Waals surface area contributed by atoms with E-state index in [-0.39, 0.29) is 5.69 Å². The number of aryl methyl sites for hydroxylation is 1. The van der Waals surface area contributed by atoms with Gasteiger partial charge in [-0.1, -0.05) is 0 Å². The van der Waals surface area contributed by atoms with Crippen LogP contribution in [0.5, 0.6) is 0 Å². The lowest BCUT2D eigenvalue weighted by Crippen LogP contribution is -2.09. The van der Waals surface area contributed by atoms with Gasteiger partial charge in [-0.2, -0.15) is 0 Å². The standard InChI is InChI=1S/C12H13N7O2/c1-18-7-14-17-11(18)4-5-13-12-15-9-3-2-8(19(20)21)6-10(9)16-12/h2-3,6-7H,4-5H2,1H3,(H2,13,15,16). The zero-order chi connectivity index (χ0) is 14.8. The molecule has 0 saturated heterocycles. The van der Waals surface area contributed by atoms with Crippen molar-refractivity contribution in [3.63, 3.8) is 0 Å². The fourth-order valence-corrected chi connectivity index (χ4v) is 2.02. The lowest BCUT2D eigenvalue weighted by atomic mass is 10.3. The van der Waals surface area contributed by atoms with Gasteiger partial charge in [0.15, 0.2) is 0 Å². The second kappa shape index (κ2) is 5.19. The molecule has 9 heteroatoms. The fraction of sp³-hybridized carbons (Fsp3) is 0.250. The van der Waals surface area contributed by atoms with E-state index in [9.17, 15) is 10.1 Å². The predicted molar refractivity (Wildman–Crippen MR) is 75.9 cm³/mol. The number of fused-ring (bicyclic) bond motifs is 1. The molecule has 108 valence electrons. The number of nitrogens with zero attached hydrogens (tertiary/aromatic N) is 5. The number of hydrogen-bond donors (Lipinski definition) is 2. The van der Waals surface area contributed by atoms with Gasteiger partial charge in [0.1, 0.15) is 12.2 Å². The van der Waals surface area contributed by atoms with Gasteiger partial charge in [-0.15, -0.1) is 10.2 Å². The first-order valence-electron chi connectivity index (χ1n) is 6.34. The zero-order valence-corrected chi connectivity index (χ0v) is 11.3. The number of rotatable bonds is 5. The van der Waals surface area contributed by atoms with E-state index in [1.165, 1.54) is 12.1 Å². The van der Waals surface area contributed by atoms with Gasteiger partial charge in [0.2, 0.25) is 5.95 Å². The van der Waals surface area contributed by atoms with Gasteiger partial charge in [-0.05, 0) is 6.07 Å². The molecular weight excluding hydrogens is 274 g/mol. The minimum Gasteiger partial charge on any atom is -0.355 e. The molecule has 0 saturated carbocycles. The average molecular weight is 287 g/mol. The summed E-state index contributed by atoms with van der Waals surface area (Å²) in [5, 5.41) is 21.7. The van der Waals surface area contributed by atoms with Crippen LogP contribution in [0.4, 0.5) is 11.6 Å². The molecule has 2 aromatic heterocycles. The number of nitrogens with one attached hydrogen (secondary N) is 2. The lowest BCUT2D eigenvalue weighted by Gasteiger charge is -2.01. The van der Waals surface area contributed by atoms with Crippen LogP contribution in [0.25, 0.3) is 11.0 Å². The second-order valence-electron chi connectivity index (χ2n) is 4.58. The quantitative estimate of drug-likeness (QED) is 0.539.